The normalized spacial score (nSPS) is 21.2. The van der Waals surface area contributed by atoms with Gasteiger partial charge in [-0.3, -0.25) is 0 Å². The number of hydrogen-bond acceptors (Lipinski definition) is 4. The van der Waals surface area contributed by atoms with Crippen molar-refractivity contribution in [1.82, 2.24) is 0 Å². The first-order valence-electron chi connectivity index (χ1n) is 7.41. The molecule has 0 spiro atoms. The van der Waals surface area contributed by atoms with E-state index in [1.54, 1.807) is 0 Å². The molecule has 1 aliphatic rings. The molecule has 8 heteroatoms. The molecule has 0 saturated heterocycles. The van der Waals surface area contributed by atoms with Gasteiger partial charge in [0.05, 0.1) is 4.90 Å². The molecule has 3 atom stereocenters. The minimum absolute atomic E-state index is 0.0939. The number of fused-ring (bicyclic) bond motifs is 1. The Morgan fingerprint density at radius 1 is 1.16 bits per heavy atom. The van der Waals surface area contributed by atoms with Crippen molar-refractivity contribution in [2.24, 2.45) is 0 Å². The van der Waals surface area contributed by atoms with Gasteiger partial charge in [-0.2, -0.15) is 0 Å². The van der Waals surface area contributed by atoms with Crippen LogP contribution in [0.25, 0.3) is 0 Å². The maximum atomic E-state index is 14.0. The lowest BCUT2D eigenvalue weighted by Gasteiger charge is -2.18. The van der Waals surface area contributed by atoms with Gasteiger partial charge in [-0.1, -0.05) is 6.07 Å². The number of benzene rings is 2. The Balaban J connectivity index is 2.19. The second-order valence-electron chi connectivity index (χ2n) is 6.09. The standard InChI is InChI=1S/C17H15F3O4S/c1-25(23,24)14-3-2-11(12-7-13(20)17(22)15(12)14)16(21)8-4-9(18)6-10(19)5-8/h2-6,13,16-17,21-22H,7H2,1H3/t13-,16-,17-/m1/s1. The van der Waals surface area contributed by atoms with Crippen LogP contribution in [0.15, 0.2) is 35.2 Å². The highest BCUT2D eigenvalue weighted by Crippen LogP contribution is 2.42. The number of aliphatic hydroxyl groups excluding tert-OH is 2. The molecule has 4 nitrogen and oxygen atoms in total. The largest absolute Gasteiger partial charge is 0.385 e. The molecule has 0 aliphatic heterocycles. The van der Waals surface area contributed by atoms with E-state index in [4.69, 9.17) is 0 Å². The molecule has 0 amide bonds. The van der Waals surface area contributed by atoms with E-state index >= 15 is 0 Å². The molecule has 2 N–H and O–H groups in total. The molecular weight excluding hydrogens is 357 g/mol. The topological polar surface area (TPSA) is 74.6 Å². The minimum Gasteiger partial charge on any atom is -0.385 e. The summed E-state index contributed by atoms with van der Waals surface area (Å²) < 4.78 is 64.6. The van der Waals surface area contributed by atoms with Crippen LogP contribution >= 0.6 is 0 Å². The molecular formula is C17H15F3O4S. The van der Waals surface area contributed by atoms with E-state index in [1.165, 1.54) is 6.07 Å². The lowest BCUT2D eigenvalue weighted by Crippen LogP contribution is -2.11. The van der Waals surface area contributed by atoms with E-state index in [1.807, 2.05) is 0 Å². The molecule has 2 aromatic carbocycles. The summed E-state index contributed by atoms with van der Waals surface area (Å²) in [6.45, 7) is 0. The van der Waals surface area contributed by atoms with Gasteiger partial charge in [0.15, 0.2) is 9.84 Å². The number of hydrogen-bond donors (Lipinski definition) is 2. The lowest BCUT2D eigenvalue weighted by molar-refractivity contribution is 0.0907. The first-order chi connectivity index (χ1) is 11.6. The Hall–Kier alpha value is -1.90. The van der Waals surface area contributed by atoms with Crippen LogP contribution in [0.3, 0.4) is 0 Å². The number of sulfone groups is 1. The van der Waals surface area contributed by atoms with Gasteiger partial charge in [0.1, 0.15) is 30.0 Å². The number of alkyl halides is 1. The average molecular weight is 372 g/mol. The molecule has 0 bridgehead atoms. The van der Waals surface area contributed by atoms with Gasteiger partial charge in [-0.05, 0) is 34.9 Å². The smallest absolute Gasteiger partial charge is 0.175 e. The molecule has 2 aromatic rings. The van der Waals surface area contributed by atoms with Gasteiger partial charge in [-0.15, -0.1) is 0 Å². The average Bonchev–Trinajstić information content (AvgIpc) is 2.79. The molecule has 1 aliphatic carbocycles. The molecule has 0 saturated carbocycles. The van der Waals surface area contributed by atoms with Crippen molar-refractivity contribution in [2.75, 3.05) is 6.26 Å². The van der Waals surface area contributed by atoms with Crippen molar-refractivity contribution in [3.05, 3.63) is 64.2 Å². The van der Waals surface area contributed by atoms with Crippen LogP contribution in [0.1, 0.15) is 34.5 Å². The second kappa shape index (κ2) is 6.12. The molecule has 0 aromatic heterocycles. The highest BCUT2D eigenvalue weighted by atomic mass is 32.2. The number of aliphatic hydroxyl groups is 2. The first kappa shape index (κ1) is 17.9. The van der Waals surface area contributed by atoms with Crippen molar-refractivity contribution in [1.29, 1.82) is 0 Å². The van der Waals surface area contributed by atoms with Crippen LogP contribution in [-0.4, -0.2) is 31.1 Å². The molecule has 0 radical (unpaired) electrons. The number of halogens is 3. The van der Waals surface area contributed by atoms with Crippen LogP contribution in [0.4, 0.5) is 13.2 Å². The van der Waals surface area contributed by atoms with E-state index in [9.17, 15) is 31.8 Å². The van der Waals surface area contributed by atoms with Crippen molar-refractivity contribution in [3.8, 4) is 0 Å². The molecule has 0 heterocycles. The third-order valence-corrected chi connectivity index (χ3v) is 5.44. The molecule has 3 rings (SSSR count). The van der Waals surface area contributed by atoms with Crippen LogP contribution in [0, 0.1) is 11.6 Å². The summed E-state index contributed by atoms with van der Waals surface area (Å²) >= 11 is 0. The third kappa shape index (κ3) is 3.17. The Morgan fingerprint density at radius 2 is 1.76 bits per heavy atom. The Morgan fingerprint density at radius 3 is 2.32 bits per heavy atom. The van der Waals surface area contributed by atoms with Crippen LogP contribution < -0.4 is 0 Å². The quantitative estimate of drug-likeness (QED) is 0.868. The van der Waals surface area contributed by atoms with Crippen molar-refractivity contribution in [3.63, 3.8) is 0 Å². The zero-order valence-electron chi connectivity index (χ0n) is 13.1. The maximum absolute atomic E-state index is 14.0. The van der Waals surface area contributed by atoms with Crippen molar-refractivity contribution in [2.45, 2.75) is 29.7 Å². The lowest BCUT2D eigenvalue weighted by atomic mass is 9.94. The van der Waals surface area contributed by atoms with Gasteiger partial charge in [-0.25, -0.2) is 21.6 Å². The monoisotopic (exact) mass is 372 g/mol. The van der Waals surface area contributed by atoms with E-state index in [0.29, 0.717) is 6.07 Å². The van der Waals surface area contributed by atoms with Crippen LogP contribution in [0.2, 0.25) is 0 Å². The Labute approximate surface area is 142 Å². The second-order valence-corrected chi connectivity index (χ2v) is 8.07. The first-order valence-corrected chi connectivity index (χ1v) is 9.30. The maximum Gasteiger partial charge on any atom is 0.175 e. The summed E-state index contributed by atoms with van der Waals surface area (Å²) in [5, 5.41) is 20.5. The van der Waals surface area contributed by atoms with Gasteiger partial charge >= 0.3 is 0 Å². The van der Waals surface area contributed by atoms with Crippen molar-refractivity contribution < 1.29 is 31.8 Å². The Kier molecular flexibility index (Phi) is 4.38. The van der Waals surface area contributed by atoms with Crippen LogP contribution in [-0.2, 0) is 16.3 Å². The Bertz CT molecular complexity index is 923. The fraction of sp³-hybridized carbons (Fsp3) is 0.294. The van der Waals surface area contributed by atoms with Gasteiger partial charge in [0.2, 0.25) is 0 Å². The summed E-state index contributed by atoms with van der Waals surface area (Å²) in [5.74, 6) is -1.77. The summed E-state index contributed by atoms with van der Waals surface area (Å²) in [6.07, 6.45) is -4.24. The third-order valence-electron chi connectivity index (χ3n) is 4.29. The van der Waals surface area contributed by atoms with E-state index in [2.05, 4.69) is 0 Å². The predicted octanol–water partition coefficient (Wildman–Crippen LogP) is 2.38. The zero-order chi connectivity index (χ0) is 18.5. The molecule has 0 unspecified atom stereocenters. The fourth-order valence-electron chi connectivity index (χ4n) is 3.19. The van der Waals surface area contributed by atoms with Gasteiger partial charge in [0, 0.05) is 24.3 Å². The summed E-state index contributed by atoms with van der Waals surface area (Å²) in [5.41, 5.74) is 0.0405. The summed E-state index contributed by atoms with van der Waals surface area (Å²) in [7, 11) is -3.73. The molecule has 25 heavy (non-hydrogen) atoms. The van der Waals surface area contributed by atoms with Crippen LogP contribution in [0.5, 0.6) is 0 Å². The highest BCUT2D eigenvalue weighted by molar-refractivity contribution is 7.90. The highest BCUT2D eigenvalue weighted by Gasteiger charge is 2.38. The van der Waals surface area contributed by atoms with E-state index in [0.717, 1.165) is 24.5 Å². The number of rotatable bonds is 3. The van der Waals surface area contributed by atoms with E-state index in [-0.39, 0.29) is 33.6 Å². The summed E-state index contributed by atoms with van der Waals surface area (Å²) in [6, 6.07) is 4.94. The van der Waals surface area contributed by atoms with Gasteiger partial charge < -0.3 is 10.2 Å². The SMILES string of the molecule is CS(=O)(=O)c1ccc([C@H](O)c2cc(F)cc(F)c2)c2c1[C@H](O)[C@H](F)C2. The van der Waals surface area contributed by atoms with Crippen molar-refractivity contribution >= 4 is 9.84 Å². The predicted molar refractivity (Wildman–Crippen MR) is 83.5 cm³/mol. The summed E-state index contributed by atoms with van der Waals surface area (Å²) in [4.78, 5) is -0.225. The van der Waals surface area contributed by atoms with Gasteiger partial charge in [0.25, 0.3) is 0 Å². The fourth-order valence-corrected chi connectivity index (χ4v) is 4.15. The minimum atomic E-state index is -3.73. The molecule has 134 valence electrons. The zero-order valence-corrected chi connectivity index (χ0v) is 13.9. The van der Waals surface area contributed by atoms with E-state index < -0.39 is 39.9 Å². The molecule has 0 fully saturated rings.